The summed E-state index contributed by atoms with van der Waals surface area (Å²) in [6.45, 7) is 4.93. The first-order chi connectivity index (χ1) is 17.3. The Bertz CT molecular complexity index is 1530. The van der Waals surface area contributed by atoms with Crippen molar-refractivity contribution in [2.24, 2.45) is 0 Å². The first-order valence-corrected chi connectivity index (χ1v) is 11.6. The number of benzene rings is 3. The minimum atomic E-state index is -2.88. The second kappa shape index (κ2) is 9.41. The zero-order chi connectivity index (χ0) is 25.4. The predicted octanol–water partition coefficient (Wildman–Crippen LogP) is 7.70. The lowest BCUT2D eigenvalue weighted by atomic mass is 9.97. The van der Waals surface area contributed by atoms with E-state index < -0.39 is 6.61 Å². The van der Waals surface area contributed by atoms with Gasteiger partial charge in [0.2, 0.25) is 0 Å². The number of aryl methyl sites for hydroxylation is 4. The highest BCUT2D eigenvalue weighted by Crippen LogP contribution is 2.39. The van der Waals surface area contributed by atoms with Crippen LogP contribution in [0.15, 0.2) is 77.2 Å². The van der Waals surface area contributed by atoms with Crippen molar-refractivity contribution in [2.45, 2.75) is 34.3 Å². The van der Waals surface area contributed by atoms with Gasteiger partial charge in [-0.2, -0.15) is 13.9 Å². The predicted molar refractivity (Wildman–Crippen MR) is 136 cm³/mol. The summed E-state index contributed by atoms with van der Waals surface area (Å²) < 4.78 is 37.7. The summed E-state index contributed by atoms with van der Waals surface area (Å²) in [7, 11) is 0. The summed E-state index contributed by atoms with van der Waals surface area (Å²) in [6, 6.07) is 22.9. The average Bonchev–Trinajstić information content (AvgIpc) is 3.39. The molecule has 0 fully saturated rings. The second-order valence-corrected chi connectivity index (χ2v) is 8.75. The molecule has 36 heavy (non-hydrogen) atoms. The van der Waals surface area contributed by atoms with E-state index in [0.29, 0.717) is 22.9 Å². The monoisotopic (exact) mass is 485 g/mol. The summed E-state index contributed by atoms with van der Waals surface area (Å²) >= 11 is 0. The maximum absolute atomic E-state index is 12.6. The van der Waals surface area contributed by atoms with Crippen molar-refractivity contribution >= 4 is 0 Å². The molecule has 5 nitrogen and oxygen atoms in total. The van der Waals surface area contributed by atoms with E-state index in [9.17, 15) is 8.78 Å². The Morgan fingerprint density at radius 2 is 1.56 bits per heavy atom. The third-order valence-corrected chi connectivity index (χ3v) is 5.92. The summed E-state index contributed by atoms with van der Waals surface area (Å²) in [4.78, 5) is 4.74. The number of ether oxygens (including phenoxy) is 1. The molecule has 5 aromatic rings. The van der Waals surface area contributed by atoms with Gasteiger partial charge in [-0.15, -0.1) is 0 Å². The maximum atomic E-state index is 12.6. The quantitative estimate of drug-likeness (QED) is 0.247. The molecule has 0 saturated carbocycles. The van der Waals surface area contributed by atoms with Crippen LogP contribution in [-0.4, -0.2) is 21.4 Å². The Labute approximate surface area is 208 Å². The molecule has 0 aliphatic carbocycles. The molecule has 0 aliphatic rings. The van der Waals surface area contributed by atoms with Crippen LogP contribution in [0.4, 0.5) is 8.78 Å². The molecule has 3 aromatic carbocycles. The van der Waals surface area contributed by atoms with Crippen LogP contribution in [0.5, 0.6) is 5.75 Å². The standard InChI is InChI=1S/C29H25F2N3O2/c1-17-6-5-7-22(14-17)23-10-13-26(34-19(3)15-18(2)33-34)25(16-23)27-28(35-20(4)32-27)21-8-11-24(12-9-21)36-29(30)31/h5-16,29H,1-4H3. The van der Waals surface area contributed by atoms with Crippen LogP contribution in [0.1, 0.15) is 22.8 Å². The Kier molecular flexibility index (Phi) is 6.14. The molecule has 0 atom stereocenters. The summed E-state index contributed by atoms with van der Waals surface area (Å²) in [6.07, 6.45) is 0. The molecular weight excluding hydrogens is 460 g/mol. The van der Waals surface area contributed by atoms with Crippen LogP contribution in [0.3, 0.4) is 0 Å². The molecular formula is C29H25F2N3O2. The minimum absolute atomic E-state index is 0.0799. The normalized spacial score (nSPS) is 11.3. The SMILES string of the molecule is Cc1cccc(-c2ccc(-n3nc(C)cc3C)c(-c3nc(C)oc3-c3ccc(OC(F)F)cc3)c2)c1. The molecule has 7 heteroatoms. The lowest BCUT2D eigenvalue weighted by Crippen LogP contribution is -2.03. The molecule has 0 amide bonds. The van der Waals surface area contributed by atoms with Gasteiger partial charge in [-0.05, 0) is 74.4 Å². The molecule has 0 bridgehead atoms. The van der Waals surface area contributed by atoms with Crippen LogP contribution in [0, 0.1) is 27.7 Å². The number of rotatable bonds is 6. The highest BCUT2D eigenvalue weighted by atomic mass is 19.3. The zero-order valence-corrected chi connectivity index (χ0v) is 20.4. The smallest absolute Gasteiger partial charge is 0.387 e. The first kappa shape index (κ1) is 23.5. The van der Waals surface area contributed by atoms with Crippen molar-refractivity contribution in [2.75, 3.05) is 0 Å². The van der Waals surface area contributed by atoms with Crippen molar-refractivity contribution < 1.29 is 17.9 Å². The van der Waals surface area contributed by atoms with Gasteiger partial charge in [-0.3, -0.25) is 0 Å². The molecule has 5 rings (SSSR count). The Morgan fingerprint density at radius 3 is 2.22 bits per heavy atom. The van der Waals surface area contributed by atoms with E-state index in [0.717, 1.165) is 33.8 Å². The van der Waals surface area contributed by atoms with Gasteiger partial charge in [-0.25, -0.2) is 9.67 Å². The molecule has 0 N–H and O–H groups in total. The fraction of sp³-hybridized carbons (Fsp3) is 0.172. The molecule has 182 valence electrons. The van der Waals surface area contributed by atoms with Gasteiger partial charge >= 0.3 is 6.61 Å². The molecule has 0 radical (unpaired) electrons. The van der Waals surface area contributed by atoms with Gasteiger partial charge in [0.05, 0.1) is 11.4 Å². The fourth-order valence-corrected chi connectivity index (χ4v) is 4.38. The summed E-state index contributed by atoms with van der Waals surface area (Å²) in [5.41, 5.74) is 8.25. The topological polar surface area (TPSA) is 53.1 Å². The average molecular weight is 486 g/mol. The van der Waals surface area contributed by atoms with Gasteiger partial charge in [0.1, 0.15) is 11.4 Å². The molecule has 0 aliphatic heterocycles. The van der Waals surface area contributed by atoms with Crippen molar-refractivity contribution in [3.63, 3.8) is 0 Å². The van der Waals surface area contributed by atoms with Gasteiger partial charge in [0, 0.05) is 23.7 Å². The van der Waals surface area contributed by atoms with Crippen LogP contribution < -0.4 is 4.74 Å². The largest absolute Gasteiger partial charge is 0.440 e. The maximum Gasteiger partial charge on any atom is 0.387 e. The van der Waals surface area contributed by atoms with E-state index >= 15 is 0 Å². The third kappa shape index (κ3) is 4.64. The number of hydrogen-bond acceptors (Lipinski definition) is 4. The van der Waals surface area contributed by atoms with E-state index in [1.54, 1.807) is 19.1 Å². The summed E-state index contributed by atoms with van der Waals surface area (Å²) in [5, 5.41) is 4.70. The summed E-state index contributed by atoms with van der Waals surface area (Å²) in [5.74, 6) is 1.12. The number of oxazole rings is 1. The van der Waals surface area contributed by atoms with E-state index in [1.165, 1.54) is 17.7 Å². The van der Waals surface area contributed by atoms with Gasteiger partial charge in [0.25, 0.3) is 0 Å². The third-order valence-electron chi connectivity index (χ3n) is 5.92. The zero-order valence-electron chi connectivity index (χ0n) is 20.4. The van der Waals surface area contributed by atoms with Crippen LogP contribution >= 0.6 is 0 Å². The Balaban J connectivity index is 1.70. The lowest BCUT2D eigenvalue weighted by molar-refractivity contribution is -0.0498. The molecule has 2 heterocycles. The number of halogens is 2. The number of aromatic nitrogens is 3. The first-order valence-electron chi connectivity index (χ1n) is 11.6. The molecule has 0 saturated heterocycles. The number of nitrogens with zero attached hydrogens (tertiary/aromatic N) is 3. The van der Waals surface area contributed by atoms with Crippen LogP contribution in [0.25, 0.3) is 39.4 Å². The van der Waals surface area contributed by atoms with Crippen LogP contribution in [-0.2, 0) is 0 Å². The number of hydrogen-bond donors (Lipinski definition) is 0. The van der Waals surface area contributed by atoms with E-state index in [4.69, 9.17) is 14.5 Å². The molecule has 0 unspecified atom stereocenters. The second-order valence-electron chi connectivity index (χ2n) is 8.75. The van der Waals surface area contributed by atoms with Crippen molar-refractivity contribution in [3.05, 3.63) is 95.6 Å². The highest BCUT2D eigenvalue weighted by molar-refractivity contribution is 5.85. The van der Waals surface area contributed by atoms with Crippen molar-refractivity contribution in [1.29, 1.82) is 0 Å². The minimum Gasteiger partial charge on any atom is -0.440 e. The van der Waals surface area contributed by atoms with Crippen molar-refractivity contribution in [1.82, 2.24) is 14.8 Å². The highest BCUT2D eigenvalue weighted by Gasteiger charge is 2.21. The number of alkyl halides is 2. The molecule has 0 spiro atoms. The lowest BCUT2D eigenvalue weighted by Gasteiger charge is -2.14. The Morgan fingerprint density at radius 1 is 0.833 bits per heavy atom. The van der Waals surface area contributed by atoms with E-state index in [-0.39, 0.29) is 5.75 Å². The van der Waals surface area contributed by atoms with E-state index in [1.807, 2.05) is 36.7 Å². The fourth-order valence-electron chi connectivity index (χ4n) is 4.38. The molecule has 2 aromatic heterocycles. The van der Waals surface area contributed by atoms with Crippen molar-refractivity contribution in [3.8, 4) is 45.1 Å². The van der Waals surface area contributed by atoms with Crippen LogP contribution in [0.2, 0.25) is 0 Å². The Hall–Kier alpha value is -4.26. The van der Waals surface area contributed by atoms with Gasteiger partial charge in [-0.1, -0.05) is 35.9 Å². The van der Waals surface area contributed by atoms with E-state index in [2.05, 4.69) is 42.0 Å². The van der Waals surface area contributed by atoms with Gasteiger partial charge in [0.15, 0.2) is 11.7 Å². The van der Waals surface area contributed by atoms with Gasteiger partial charge < -0.3 is 9.15 Å².